The zero-order valence-corrected chi connectivity index (χ0v) is 14.7. The zero-order chi connectivity index (χ0) is 15.5. The molecular formula is C16H30N2O2S. The Morgan fingerprint density at radius 3 is 2.71 bits per heavy atom. The summed E-state index contributed by atoms with van der Waals surface area (Å²) in [5.41, 5.74) is -0.203. The molecule has 3 atom stereocenters. The van der Waals surface area contributed by atoms with E-state index >= 15 is 0 Å². The molecule has 2 heterocycles. The third kappa shape index (κ3) is 4.60. The van der Waals surface area contributed by atoms with Crippen LogP contribution >= 0.6 is 11.8 Å². The number of carbonyl (C=O) groups excluding carboxylic acids is 1. The van der Waals surface area contributed by atoms with E-state index in [4.69, 9.17) is 4.74 Å². The van der Waals surface area contributed by atoms with Gasteiger partial charge in [-0.15, -0.1) is 11.8 Å². The molecule has 21 heavy (non-hydrogen) atoms. The summed E-state index contributed by atoms with van der Waals surface area (Å²) < 4.78 is 6.15. The van der Waals surface area contributed by atoms with Crippen molar-refractivity contribution in [3.63, 3.8) is 0 Å². The first kappa shape index (κ1) is 17.1. The molecule has 2 fully saturated rings. The predicted molar refractivity (Wildman–Crippen MR) is 88.4 cm³/mol. The van der Waals surface area contributed by atoms with Gasteiger partial charge < -0.3 is 15.0 Å². The Kier molecular flexibility index (Phi) is 5.60. The first-order valence-electron chi connectivity index (χ1n) is 8.04. The molecule has 0 aromatic carbocycles. The molecule has 2 aliphatic rings. The predicted octanol–water partition coefficient (Wildman–Crippen LogP) is 2.34. The number of nitrogens with zero attached hydrogens (tertiary/aromatic N) is 1. The monoisotopic (exact) mass is 314 g/mol. The van der Waals surface area contributed by atoms with E-state index < -0.39 is 0 Å². The average molecular weight is 314 g/mol. The Morgan fingerprint density at radius 1 is 1.38 bits per heavy atom. The van der Waals surface area contributed by atoms with Gasteiger partial charge in [0.1, 0.15) is 4.93 Å². The van der Waals surface area contributed by atoms with Crippen LogP contribution in [0.4, 0.5) is 0 Å². The lowest BCUT2D eigenvalue weighted by Crippen LogP contribution is -2.45. The van der Waals surface area contributed by atoms with Gasteiger partial charge in [0.25, 0.3) is 0 Å². The Hall–Kier alpha value is -0.260. The molecule has 0 aromatic heterocycles. The van der Waals surface area contributed by atoms with Crippen LogP contribution in [-0.2, 0) is 9.53 Å². The minimum atomic E-state index is -0.203. The van der Waals surface area contributed by atoms with Crippen molar-refractivity contribution in [3.8, 4) is 0 Å². The number of rotatable bonds is 5. The van der Waals surface area contributed by atoms with Crippen molar-refractivity contribution >= 4 is 17.7 Å². The van der Waals surface area contributed by atoms with E-state index in [1.165, 1.54) is 0 Å². The van der Waals surface area contributed by atoms with Crippen molar-refractivity contribution in [3.05, 3.63) is 0 Å². The highest BCUT2D eigenvalue weighted by Crippen LogP contribution is 2.42. The molecule has 2 rings (SSSR count). The molecule has 5 heteroatoms. The molecule has 0 saturated carbocycles. The number of thioether (sulfide) groups is 1. The van der Waals surface area contributed by atoms with Crippen molar-refractivity contribution in [2.45, 2.75) is 44.5 Å². The lowest BCUT2D eigenvalue weighted by molar-refractivity contribution is -0.133. The Labute approximate surface area is 133 Å². The lowest BCUT2D eigenvalue weighted by atomic mass is 9.77. The first-order valence-corrected chi connectivity index (χ1v) is 9.02. The topological polar surface area (TPSA) is 41.6 Å². The molecule has 0 radical (unpaired) electrons. The quantitative estimate of drug-likeness (QED) is 0.846. The summed E-state index contributed by atoms with van der Waals surface area (Å²) in [6.07, 6.45) is 3.97. The highest BCUT2D eigenvalue weighted by atomic mass is 32.2. The largest absolute Gasteiger partial charge is 0.364 e. The van der Waals surface area contributed by atoms with Crippen molar-refractivity contribution in [1.82, 2.24) is 10.2 Å². The Morgan fingerprint density at radius 2 is 2.14 bits per heavy atom. The van der Waals surface area contributed by atoms with E-state index in [-0.39, 0.29) is 16.3 Å². The fourth-order valence-corrected chi connectivity index (χ4v) is 4.38. The average Bonchev–Trinajstić information content (AvgIpc) is 2.43. The van der Waals surface area contributed by atoms with Gasteiger partial charge in [0.2, 0.25) is 5.91 Å². The first-order chi connectivity index (χ1) is 9.83. The van der Waals surface area contributed by atoms with Crippen molar-refractivity contribution in [2.24, 2.45) is 11.3 Å². The third-order valence-electron chi connectivity index (χ3n) is 4.74. The molecule has 0 aromatic rings. The molecule has 0 spiro atoms. The molecule has 0 aliphatic carbocycles. The molecular weight excluding hydrogens is 284 g/mol. The summed E-state index contributed by atoms with van der Waals surface area (Å²) in [5.74, 6) is 1.99. The minimum absolute atomic E-state index is 0.121. The number of hydrogen-bond acceptors (Lipinski definition) is 4. The summed E-state index contributed by atoms with van der Waals surface area (Å²) >= 11 is 1.92. The summed E-state index contributed by atoms with van der Waals surface area (Å²) in [6, 6.07) is 0. The third-order valence-corrected chi connectivity index (χ3v) is 6.31. The van der Waals surface area contributed by atoms with Gasteiger partial charge in [0.15, 0.2) is 0 Å². The second kappa shape index (κ2) is 6.88. The number of amides is 1. The molecule has 4 nitrogen and oxygen atoms in total. The summed E-state index contributed by atoms with van der Waals surface area (Å²) in [6.45, 7) is 7.05. The summed E-state index contributed by atoms with van der Waals surface area (Å²) in [7, 11) is 4.22. The number of nitrogens with one attached hydrogen (secondary N) is 1. The van der Waals surface area contributed by atoms with Crippen LogP contribution in [0.2, 0.25) is 0 Å². The van der Waals surface area contributed by atoms with E-state index in [1.807, 2.05) is 11.8 Å². The molecule has 0 bridgehead atoms. The van der Waals surface area contributed by atoms with Crippen LogP contribution < -0.4 is 5.32 Å². The van der Waals surface area contributed by atoms with Gasteiger partial charge in [0.05, 0.1) is 6.61 Å². The van der Waals surface area contributed by atoms with E-state index in [2.05, 4.69) is 38.2 Å². The number of carbonyl (C=O) groups is 1. The van der Waals surface area contributed by atoms with Crippen LogP contribution in [0.25, 0.3) is 0 Å². The molecule has 1 amide bonds. The van der Waals surface area contributed by atoms with Crippen molar-refractivity contribution < 1.29 is 9.53 Å². The second-order valence-corrected chi connectivity index (χ2v) is 8.79. The van der Waals surface area contributed by atoms with Gasteiger partial charge >= 0.3 is 0 Å². The second-order valence-electron chi connectivity index (χ2n) is 7.30. The van der Waals surface area contributed by atoms with Crippen LogP contribution in [0, 0.1) is 11.3 Å². The fraction of sp³-hybridized carbons (Fsp3) is 0.938. The van der Waals surface area contributed by atoms with E-state index in [1.54, 1.807) is 0 Å². The Bertz CT molecular complexity index is 367. The van der Waals surface area contributed by atoms with E-state index in [0.717, 1.165) is 51.1 Å². The highest BCUT2D eigenvalue weighted by molar-refractivity contribution is 8.00. The maximum Gasteiger partial charge on any atom is 0.225 e. The maximum atomic E-state index is 12.1. The number of hydrogen-bond donors (Lipinski definition) is 1. The summed E-state index contributed by atoms with van der Waals surface area (Å²) in [4.78, 5) is 14.2. The minimum Gasteiger partial charge on any atom is -0.364 e. The molecule has 122 valence electrons. The van der Waals surface area contributed by atoms with Crippen LogP contribution in [0.5, 0.6) is 0 Å². The standard InChI is InChI=1S/C16H30N2O2S/c1-15(6-5-9-17-14(15)19)7-8-16(2)20-11-13(12-21-16)10-18(3)4/h13H,5-12H2,1-4H3,(H,17,19). The smallest absolute Gasteiger partial charge is 0.225 e. The Balaban J connectivity index is 1.81. The van der Waals surface area contributed by atoms with E-state index in [9.17, 15) is 4.79 Å². The molecule has 3 unspecified atom stereocenters. The van der Waals surface area contributed by atoms with Crippen LogP contribution in [-0.4, -0.2) is 55.3 Å². The van der Waals surface area contributed by atoms with Gasteiger partial charge in [0, 0.05) is 30.2 Å². The highest BCUT2D eigenvalue weighted by Gasteiger charge is 2.39. The van der Waals surface area contributed by atoms with E-state index in [0.29, 0.717) is 5.92 Å². The number of piperidine rings is 1. The maximum absolute atomic E-state index is 12.1. The van der Waals surface area contributed by atoms with Gasteiger partial charge in [-0.3, -0.25) is 4.79 Å². The van der Waals surface area contributed by atoms with Crippen LogP contribution in [0.15, 0.2) is 0 Å². The molecule has 2 saturated heterocycles. The fourth-order valence-electron chi connectivity index (χ4n) is 3.19. The van der Waals surface area contributed by atoms with Crippen molar-refractivity contribution in [2.75, 3.05) is 39.5 Å². The van der Waals surface area contributed by atoms with Crippen molar-refractivity contribution in [1.29, 1.82) is 0 Å². The van der Waals surface area contributed by atoms with Gasteiger partial charge in [-0.1, -0.05) is 6.92 Å². The van der Waals surface area contributed by atoms with Gasteiger partial charge in [-0.2, -0.15) is 0 Å². The lowest BCUT2D eigenvalue weighted by Gasteiger charge is -2.40. The van der Waals surface area contributed by atoms with Crippen LogP contribution in [0.3, 0.4) is 0 Å². The van der Waals surface area contributed by atoms with Gasteiger partial charge in [-0.25, -0.2) is 0 Å². The molecule has 2 aliphatic heterocycles. The normalized spacial score (nSPS) is 37.6. The molecule has 1 N–H and O–H groups in total. The van der Waals surface area contributed by atoms with Gasteiger partial charge in [-0.05, 0) is 46.7 Å². The zero-order valence-electron chi connectivity index (χ0n) is 13.9. The number of ether oxygens (including phenoxy) is 1. The SMILES string of the molecule is CN(C)CC1COC(C)(CCC2(C)CCCNC2=O)SC1. The summed E-state index contributed by atoms with van der Waals surface area (Å²) in [5, 5.41) is 3.01. The van der Waals surface area contributed by atoms with Crippen LogP contribution in [0.1, 0.15) is 39.5 Å².